The second-order valence-corrected chi connectivity index (χ2v) is 4.80. The molecule has 0 aliphatic rings. The number of hydrogen-bond acceptors (Lipinski definition) is 9. The minimum absolute atomic E-state index is 0.0227. The van der Waals surface area contributed by atoms with Crippen LogP contribution in [0.25, 0.3) is 0 Å². The molecule has 1 aromatic heterocycles. The van der Waals surface area contributed by atoms with Gasteiger partial charge in [0.1, 0.15) is 6.54 Å². The molecule has 0 radical (unpaired) electrons. The molecule has 1 aromatic carbocycles. The molecule has 2 aromatic rings. The van der Waals surface area contributed by atoms with E-state index in [1.807, 2.05) is 0 Å². The van der Waals surface area contributed by atoms with Gasteiger partial charge in [-0.3, -0.25) is 14.9 Å². The van der Waals surface area contributed by atoms with Crippen LogP contribution in [0.2, 0.25) is 0 Å². The Kier molecular flexibility index (Phi) is 5.87. The van der Waals surface area contributed by atoms with Crippen molar-refractivity contribution in [3.8, 4) is 0 Å². The fourth-order valence-electron chi connectivity index (χ4n) is 2.09. The number of nitrogens with one attached hydrogen (secondary N) is 1. The third-order valence-corrected chi connectivity index (χ3v) is 3.25. The number of aromatic nitrogens is 4. The molecule has 0 bridgehead atoms. The van der Waals surface area contributed by atoms with Crippen LogP contribution >= 0.6 is 0 Å². The van der Waals surface area contributed by atoms with Crippen molar-refractivity contribution in [3.63, 3.8) is 0 Å². The summed E-state index contributed by atoms with van der Waals surface area (Å²) in [7, 11) is 1.27. The van der Waals surface area contributed by atoms with E-state index in [4.69, 9.17) is 5.73 Å². The van der Waals surface area contributed by atoms with Gasteiger partial charge in [0.2, 0.25) is 0 Å². The highest BCUT2D eigenvalue weighted by Crippen LogP contribution is 2.22. The third-order valence-electron chi connectivity index (χ3n) is 3.25. The number of non-ortho nitro benzene ring substituents is 1. The Balaban J connectivity index is 2.33. The predicted molar refractivity (Wildman–Crippen MR) is 81.8 cm³/mol. The SMILES string of the molecule is COC(=O)Cn1nnnc1C(NCCN)c1ccc([N+](=O)[O-])cc1. The van der Waals surface area contributed by atoms with E-state index in [1.54, 1.807) is 12.1 Å². The fraction of sp³-hybridized carbons (Fsp3) is 0.385. The molecule has 0 aliphatic heterocycles. The molecule has 128 valence electrons. The quantitative estimate of drug-likeness (QED) is 0.365. The molecule has 0 saturated heterocycles. The van der Waals surface area contributed by atoms with Crippen LogP contribution in [0.4, 0.5) is 5.69 Å². The number of carbonyl (C=O) groups is 1. The molecule has 0 saturated carbocycles. The number of hydrogen-bond donors (Lipinski definition) is 2. The summed E-state index contributed by atoms with van der Waals surface area (Å²) < 4.78 is 5.92. The van der Waals surface area contributed by atoms with Gasteiger partial charge in [-0.25, -0.2) is 4.68 Å². The summed E-state index contributed by atoms with van der Waals surface area (Å²) in [5.41, 5.74) is 6.21. The molecule has 3 N–H and O–H groups in total. The highest BCUT2D eigenvalue weighted by Gasteiger charge is 2.22. The molecule has 2 rings (SSSR count). The summed E-state index contributed by atoms with van der Waals surface area (Å²) in [4.78, 5) is 21.8. The van der Waals surface area contributed by atoms with Crippen LogP contribution in [0.3, 0.4) is 0 Å². The first-order chi connectivity index (χ1) is 11.6. The zero-order valence-corrected chi connectivity index (χ0v) is 13.0. The monoisotopic (exact) mass is 335 g/mol. The average molecular weight is 335 g/mol. The molecule has 1 atom stereocenters. The molecule has 0 spiro atoms. The maximum Gasteiger partial charge on any atom is 0.327 e. The number of methoxy groups -OCH3 is 1. The summed E-state index contributed by atoms with van der Waals surface area (Å²) in [6, 6.07) is 5.50. The summed E-state index contributed by atoms with van der Waals surface area (Å²) >= 11 is 0. The van der Waals surface area contributed by atoms with E-state index in [0.717, 1.165) is 0 Å². The summed E-state index contributed by atoms with van der Waals surface area (Å²) in [6.07, 6.45) is 0. The number of rotatable bonds is 8. The lowest BCUT2D eigenvalue weighted by atomic mass is 10.1. The zero-order valence-electron chi connectivity index (χ0n) is 13.0. The van der Waals surface area contributed by atoms with Crippen LogP contribution in [-0.4, -0.2) is 51.3 Å². The van der Waals surface area contributed by atoms with Gasteiger partial charge in [-0.2, -0.15) is 0 Å². The van der Waals surface area contributed by atoms with Crippen molar-refractivity contribution in [2.75, 3.05) is 20.2 Å². The van der Waals surface area contributed by atoms with Crippen LogP contribution in [0.1, 0.15) is 17.4 Å². The van der Waals surface area contributed by atoms with Crippen molar-refractivity contribution in [3.05, 3.63) is 45.8 Å². The van der Waals surface area contributed by atoms with E-state index in [9.17, 15) is 14.9 Å². The number of nitro groups is 1. The number of nitro benzene ring substituents is 1. The van der Waals surface area contributed by atoms with Crippen molar-refractivity contribution < 1.29 is 14.5 Å². The number of carbonyl (C=O) groups excluding carboxylic acids is 1. The number of nitrogens with zero attached hydrogens (tertiary/aromatic N) is 5. The summed E-state index contributed by atoms with van der Waals surface area (Å²) in [6.45, 7) is 0.696. The van der Waals surface area contributed by atoms with Crippen LogP contribution in [0.15, 0.2) is 24.3 Å². The largest absolute Gasteiger partial charge is 0.468 e. The number of benzene rings is 1. The molecule has 11 nitrogen and oxygen atoms in total. The van der Waals surface area contributed by atoms with Gasteiger partial charge < -0.3 is 15.8 Å². The van der Waals surface area contributed by atoms with E-state index in [1.165, 1.54) is 23.9 Å². The van der Waals surface area contributed by atoms with E-state index in [0.29, 0.717) is 24.5 Å². The van der Waals surface area contributed by atoms with Crippen molar-refractivity contribution >= 4 is 11.7 Å². The number of nitrogens with two attached hydrogens (primary N) is 1. The van der Waals surface area contributed by atoms with E-state index in [2.05, 4.69) is 25.6 Å². The molecule has 11 heteroatoms. The van der Waals surface area contributed by atoms with Gasteiger partial charge in [-0.1, -0.05) is 12.1 Å². The maximum atomic E-state index is 11.5. The fourth-order valence-corrected chi connectivity index (χ4v) is 2.09. The van der Waals surface area contributed by atoms with Crippen molar-refractivity contribution in [1.82, 2.24) is 25.5 Å². The zero-order chi connectivity index (χ0) is 17.5. The Hall–Kier alpha value is -2.92. The third kappa shape index (κ3) is 4.08. The molecular weight excluding hydrogens is 318 g/mol. The first-order valence-corrected chi connectivity index (χ1v) is 7.07. The van der Waals surface area contributed by atoms with E-state index >= 15 is 0 Å². The lowest BCUT2D eigenvalue weighted by Gasteiger charge is -2.18. The number of tetrazole rings is 1. The predicted octanol–water partition coefficient (Wildman–Crippen LogP) is -0.608. The van der Waals surface area contributed by atoms with Gasteiger partial charge in [-0.05, 0) is 16.0 Å². The normalized spacial score (nSPS) is 11.9. The smallest absolute Gasteiger partial charge is 0.327 e. The van der Waals surface area contributed by atoms with Crippen molar-refractivity contribution in [2.24, 2.45) is 5.73 Å². The minimum atomic E-state index is -0.496. The Morgan fingerprint density at radius 1 is 1.46 bits per heavy atom. The second-order valence-electron chi connectivity index (χ2n) is 4.80. The molecule has 0 fully saturated rings. The molecule has 1 unspecified atom stereocenters. The van der Waals surface area contributed by atoms with Crippen LogP contribution in [0, 0.1) is 10.1 Å². The molecule has 0 amide bonds. The maximum absolute atomic E-state index is 11.5. The van der Waals surface area contributed by atoms with Crippen molar-refractivity contribution in [2.45, 2.75) is 12.6 Å². The number of ether oxygens (including phenoxy) is 1. The van der Waals surface area contributed by atoms with Gasteiger partial charge >= 0.3 is 5.97 Å². The summed E-state index contributed by atoms with van der Waals surface area (Å²) in [5, 5.41) is 25.2. The molecule has 1 heterocycles. The molecule has 24 heavy (non-hydrogen) atoms. The van der Waals surface area contributed by atoms with Crippen molar-refractivity contribution in [1.29, 1.82) is 0 Å². The Bertz CT molecular complexity index is 701. The van der Waals surface area contributed by atoms with Gasteiger partial charge in [0.05, 0.1) is 18.1 Å². The van der Waals surface area contributed by atoms with E-state index in [-0.39, 0.29) is 12.2 Å². The average Bonchev–Trinajstić information content (AvgIpc) is 3.03. The number of esters is 1. The second kappa shape index (κ2) is 8.08. The van der Waals surface area contributed by atoms with Crippen LogP contribution < -0.4 is 11.1 Å². The van der Waals surface area contributed by atoms with Gasteiger partial charge in [-0.15, -0.1) is 5.10 Å². The Morgan fingerprint density at radius 2 is 2.17 bits per heavy atom. The van der Waals surface area contributed by atoms with Crippen LogP contribution in [-0.2, 0) is 16.1 Å². The highest BCUT2D eigenvalue weighted by atomic mass is 16.6. The van der Waals surface area contributed by atoms with Gasteiger partial charge in [0.25, 0.3) is 5.69 Å². The Labute approximate surface area is 136 Å². The lowest BCUT2D eigenvalue weighted by Crippen LogP contribution is -2.31. The standard InChI is InChI=1S/C13H17N7O4/c1-24-11(21)8-19-13(16-17-18-19)12(15-7-6-14)9-2-4-10(5-3-9)20(22)23/h2-5,12,15H,6-8,14H2,1H3. The topological polar surface area (TPSA) is 151 Å². The minimum Gasteiger partial charge on any atom is -0.468 e. The van der Waals surface area contributed by atoms with Gasteiger partial charge in [0.15, 0.2) is 5.82 Å². The lowest BCUT2D eigenvalue weighted by molar-refractivity contribution is -0.384. The first-order valence-electron chi connectivity index (χ1n) is 7.07. The molecular formula is C13H17N7O4. The highest BCUT2D eigenvalue weighted by molar-refractivity contribution is 5.68. The molecule has 0 aliphatic carbocycles. The summed E-state index contributed by atoms with van der Waals surface area (Å²) in [5.74, 6) is -0.118. The van der Waals surface area contributed by atoms with Gasteiger partial charge in [0, 0.05) is 25.2 Å². The van der Waals surface area contributed by atoms with Crippen LogP contribution in [0.5, 0.6) is 0 Å². The van der Waals surface area contributed by atoms with E-state index < -0.39 is 16.9 Å². The Morgan fingerprint density at radius 3 is 2.75 bits per heavy atom. The first kappa shape index (κ1) is 17.4.